The monoisotopic (exact) mass is 395 g/mol. The van der Waals surface area contributed by atoms with E-state index < -0.39 is 4.92 Å². The Kier molecular flexibility index (Phi) is 4.75. The number of benzene rings is 2. The van der Waals surface area contributed by atoms with E-state index in [4.69, 9.17) is 39.5 Å². The molecule has 0 bridgehead atoms. The smallest absolute Gasteiger partial charge is 0.288 e. The van der Waals surface area contributed by atoms with Crippen LogP contribution in [0.4, 0.5) is 5.69 Å². The summed E-state index contributed by atoms with van der Waals surface area (Å²) >= 11 is 21.1. The summed E-state index contributed by atoms with van der Waals surface area (Å²) in [5.41, 5.74) is -0.202. The summed E-state index contributed by atoms with van der Waals surface area (Å²) in [6, 6.07) is 7.23. The van der Waals surface area contributed by atoms with Crippen molar-refractivity contribution in [3.05, 3.63) is 60.0 Å². The molecule has 0 aliphatic heterocycles. The Labute approximate surface area is 137 Å². The van der Waals surface area contributed by atoms with Crippen LogP contribution < -0.4 is 4.74 Å². The van der Waals surface area contributed by atoms with Crippen LogP contribution in [0.2, 0.25) is 15.1 Å². The molecule has 0 heterocycles. The number of nitrogens with zero attached hydrogens (tertiary/aromatic N) is 1. The van der Waals surface area contributed by atoms with Crippen molar-refractivity contribution in [1.29, 1.82) is 0 Å². The van der Waals surface area contributed by atoms with E-state index in [1.54, 1.807) is 12.1 Å². The molecule has 2 rings (SSSR count). The Balaban J connectivity index is 2.36. The molecule has 0 fully saturated rings. The van der Waals surface area contributed by atoms with E-state index in [1.807, 2.05) is 0 Å². The SMILES string of the molecule is O=[N+]([O-])c1ccc(Oc2c(Cl)cc(Br)cc2Cl)cc1Cl. The van der Waals surface area contributed by atoms with Gasteiger partial charge >= 0.3 is 0 Å². The predicted octanol–water partition coefficient (Wildman–Crippen LogP) is 6.11. The molecule has 0 amide bonds. The fourth-order valence-electron chi connectivity index (χ4n) is 1.44. The minimum Gasteiger partial charge on any atom is -0.454 e. The molecule has 2 aromatic rings. The van der Waals surface area contributed by atoms with Crippen LogP contribution in [0.15, 0.2) is 34.8 Å². The van der Waals surface area contributed by atoms with E-state index in [1.165, 1.54) is 18.2 Å². The summed E-state index contributed by atoms with van der Waals surface area (Å²) in [5.74, 6) is 0.549. The van der Waals surface area contributed by atoms with Crippen LogP contribution in [-0.4, -0.2) is 4.92 Å². The molecule has 0 aliphatic rings. The largest absolute Gasteiger partial charge is 0.454 e. The fourth-order valence-corrected chi connectivity index (χ4v) is 2.97. The maximum Gasteiger partial charge on any atom is 0.288 e. The molecule has 4 nitrogen and oxygen atoms in total. The first-order chi connectivity index (χ1) is 9.38. The van der Waals surface area contributed by atoms with E-state index in [2.05, 4.69) is 15.9 Å². The molecule has 0 unspecified atom stereocenters. The Morgan fingerprint density at radius 1 is 1.05 bits per heavy atom. The molecule has 0 atom stereocenters. The number of hydrogen-bond donors (Lipinski definition) is 0. The number of nitro groups is 1. The highest BCUT2D eigenvalue weighted by molar-refractivity contribution is 9.10. The van der Waals surface area contributed by atoms with Crippen LogP contribution >= 0.6 is 50.7 Å². The van der Waals surface area contributed by atoms with Gasteiger partial charge in [-0.3, -0.25) is 10.1 Å². The predicted molar refractivity (Wildman–Crippen MR) is 82.3 cm³/mol. The summed E-state index contributed by atoms with van der Waals surface area (Å²) in [7, 11) is 0. The second-order valence-electron chi connectivity index (χ2n) is 3.67. The fraction of sp³-hybridized carbons (Fsp3) is 0. The molecule has 0 spiro atoms. The molecular weight excluding hydrogens is 392 g/mol. The van der Waals surface area contributed by atoms with E-state index in [9.17, 15) is 10.1 Å². The molecule has 2 aromatic carbocycles. The van der Waals surface area contributed by atoms with E-state index in [0.29, 0.717) is 20.3 Å². The average Bonchev–Trinajstić information content (AvgIpc) is 2.33. The topological polar surface area (TPSA) is 52.4 Å². The number of nitro benzene ring substituents is 1. The van der Waals surface area contributed by atoms with Crippen molar-refractivity contribution in [2.24, 2.45) is 0 Å². The van der Waals surface area contributed by atoms with Crippen LogP contribution in [0.1, 0.15) is 0 Å². The van der Waals surface area contributed by atoms with E-state index in [0.717, 1.165) is 0 Å². The third-order valence-electron chi connectivity index (χ3n) is 2.30. The van der Waals surface area contributed by atoms with Gasteiger partial charge in [0.15, 0.2) is 5.75 Å². The zero-order valence-corrected chi connectivity index (χ0v) is 13.4. The van der Waals surface area contributed by atoms with Crippen LogP contribution in [-0.2, 0) is 0 Å². The maximum atomic E-state index is 10.7. The van der Waals surface area contributed by atoms with Gasteiger partial charge in [0.1, 0.15) is 10.8 Å². The molecule has 104 valence electrons. The van der Waals surface area contributed by atoms with Gasteiger partial charge in [-0.25, -0.2) is 0 Å². The normalized spacial score (nSPS) is 10.4. The van der Waals surface area contributed by atoms with Gasteiger partial charge < -0.3 is 4.74 Å². The first kappa shape index (κ1) is 15.4. The minimum atomic E-state index is -0.578. The standard InChI is InChI=1S/C12H5BrCl3NO3/c13-6-3-9(15)12(10(16)4-6)20-7-1-2-11(17(18)19)8(14)5-7/h1-5H. The highest BCUT2D eigenvalue weighted by Gasteiger charge is 2.15. The van der Waals surface area contributed by atoms with Crippen molar-refractivity contribution in [2.45, 2.75) is 0 Å². The zero-order chi connectivity index (χ0) is 14.9. The molecule has 0 saturated heterocycles. The summed E-state index contributed by atoms with van der Waals surface area (Å²) in [4.78, 5) is 10.1. The third kappa shape index (κ3) is 3.35. The second kappa shape index (κ2) is 6.18. The minimum absolute atomic E-state index is 0.0307. The van der Waals surface area contributed by atoms with Crippen molar-refractivity contribution in [3.63, 3.8) is 0 Å². The van der Waals surface area contributed by atoms with Crippen molar-refractivity contribution in [1.82, 2.24) is 0 Å². The van der Waals surface area contributed by atoms with Crippen molar-refractivity contribution in [2.75, 3.05) is 0 Å². The average molecular weight is 397 g/mol. The number of rotatable bonds is 3. The van der Waals surface area contributed by atoms with Crippen molar-refractivity contribution in [3.8, 4) is 11.5 Å². The molecule has 0 aromatic heterocycles. The highest BCUT2D eigenvalue weighted by atomic mass is 79.9. The molecular formula is C12H5BrCl3NO3. The van der Waals surface area contributed by atoms with Gasteiger partial charge in [0, 0.05) is 16.6 Å². The Hall–Kier alpha value is -1.01. The number of ether oxygens (including phenoxy) is 1. The van der Waals surface area contributed by atoms with E-state index in [-0.39, 0.29) is 16.5 Å². The lowest BCUT2D eigenvalue weighted by Crippen LogP contribution is -1.91. The van der Waals surface area contributed by atoms with Crippen LogP contribution in [0.3, 0.4) is 0 Å². The summed E-state index contributed by atoms with van der Waals surface area (Å²) in [5, 5.41) is 11.2. The molecule has 0 radical (unpaired) electrons. The maximum absolute atomic E-state index is 10.7. The van der Waals surface area contributed by atoms with Gasteiger partial charge in [-0.2, -0.15) is 0 Å². The summed E-state index contributed by atoms with van der Waals surface area (Å²) < 4.78 is 6.23. The second-order valence-corrected chi connectivity index (χ2v) is 5.81. The first-order valence-electron chi connectivity index (χ1n) is 5.15. The molecule has 0 saturated carbocycles. The zero-order valence-electron chi connectivity index (χ0n) is 9.57. The molecule has 8 heteroatoms. The Bertz CT molecular complexity index is 671. The quantitative estimate of drug-likeness (QED) is 0.464. The van der Waals surface area contributed by atoms with Gasteiger partial charge in [0.2, 0.25) is 0 Å². The molecule has 0 aliphatic carbocycles. The lowest BCUT2D eigenvalue weighted by Gasteiger charge is -2.10. The Morgan fingerprint density at radius 2 is 1.65 bits per heavy atom. The first-order valence-corrected chi connectivity index (χ1v) is 7.07. The number of hydrogen-bond acceptors (Lipinski definition) is 3. The van der Waals surface area contributed by atoms with Gasteiger partial charge in [-0.15, -0.1) is 0 Å². The lowest BCUT2D eigenvalue weighted by molar-refractivity contribution is -0.384. The van der Waals surface area contributed by atoms with Gasteiger partial charge in [-0.1, -0.05) is 50.7 Å². The van der Waals surface area contributed by atoms with Crippen LogP contribution in [0, 0.1) is 10.1 Å². The number of halogens is 4. The van der Waals surface area contributed by atoms with Crippen molar-refractivity contribution >= 4 is 56.4 Å². The van der Waals surface area contributed by atoms with Crippen LogP contribution in [0.5, 0.6) is 11.5 Å². The van der Waals surface area contributed by atoms with Gasteiger partial charge in [-0.05, 0) is 18.2 Å². The van der Waals surface area contributed by atoms with Crippen LogP contribution in [0.25, 0.3) is 0 Å². The third-order valence-corrected chi connectivity index (χ3v) is 3.62. The van der Waals surface area contributed by atoms with Crippen molar-refractivity contribution < 1.29 is 9.66 Å². The molecule has 20 heavy (non-hydrogen) atoms. The highest BCUT2D eigenvalue weighted by Crippen LogP contribution is 2.40. The summed E-state index contributed by atoms with van der Waals surface area (Å²) in [6.07, 6.45) is 0. The Morgan fingerprint density at radius 3 is 2.15 bits per heavy atom. The van der Waals surface area contributed by atoms with E-state index >= 15 is 0 Å². The summed E-state index contributed by atoms with van der Waals surface area (Å²) in [6.45, 7) is 0. The lowest BCUT2D eigenvalue weighted by atomic mass is 10.3. The van der Waals surface area contributed by atoms with Gasteiger partial charge in [0.25, 0.3) is 5.69 Å². The van der Waals surface area contributed by atoms with Gasteiger partial charge in [0.05, 0.1) is 15.0 Å². The molecule has 0 N–H and O–H groups in total.